The van der Waals surface area contributed by atoms with Crippen LogP contribution in [-0.2, 0) is 73.5 Å². The van der Waals surface area contributed by atoms with Crippen molar-refractivity contribution in [2.75, 3.05) is 26.2 Å². The zero-order valence-corrected chi connectivity index (χ0v) is 60.1. The molecule has 19 N–H and O–H groups in total. The number of nitrogens with zero attached hydrogens (tertiary/aromatic N) is 1. The minimum absolute atomic E-state index is 0.00748. The minimum atomic E-state index is -1.69. The highest BCUT2D eigenvalue weighted by Gasteiger charge is 2.42. The molecule has 0 radical (unpaired) electrons. The SMILES string of the molecule is CC[C@H](C)[C@H](NC(=O)[C@@H]1CCCN1C(=O)[C@H](CC(C)C)NC(=O)[C@@H](N)Cc1ccccc1)C(=O)N[C@H](C(=O)N[C@@H](C)C(=O)N[C@@H](CCCCN)C(=O)N[C@@H](CC(C)C)C(=O)N[C@@H](CC(C)C)C(=O)N[C@@H](CO)C(=O)NCC(=O)N[C@@H](CCC(=O)O)C(=O)N[C@@H](CC(C)C)C(N)=O)C(C)C. The van der Waals surface area contributed by atoms with Crippen LogP contribution in [0.25, 0.3) is 0 Å². The number of nitrogens with two attached hydrogens (primary N) is 3. The molecule has 0 aliphatic carbocycles. The lowest BCUT2D eigenvalue weighted by molar-refractivity contribution is -0.143. The molecule has 0 bridgehead atoms. The number of hydrogen-bond acceptors (Lipinski definition) is 17. The number of carboxylic acid groups (broad SMARTS) is 1. The van der Waals surface area contributed by atoms with Crippen molar-refractivity contribution in [3.63, 3.8) is 0 Å². The second-order valence-corrected chi connectivity index (χ2v) is 27.8. The Balaban J connectivity index is 2.26. The molecule has 31 nitrogen and oxygen atoms in total. The van der Waals surface area contributed by atoms with Crippen LogP contribution in [0.15, 0.2) is 30.3 Å². The fourth-order valence-electron chi connectivity index (χ4n) is 11.1. The Hall–Kier alpha value is -8.32. The van der Waals surface area contributed by atoms with Crippen LogP contribution < -0.4 is 75.7 Å². The van der Waals surface area contributed by atoms with Gasteiger partial charge in [-0.3, -0.25) is 67.1 Å². The fourth-order valence-corrected chi connectivity index (χ4v) is 11.1. The van der Waals surface area contributed by atoms with Crippen LogP contribution in [0, 0.1) is 35.5 Å². The maximum atomic E-state index is 14.3. The monoisotopic (exact) mass is 1400 g/mol. The van der Waals surface area contributed by atoms with Gasteiger partial charge in [0.1, 0.15) is 66.5 Å². The van der Waals surface area contributed by atoms with Crippen molar-refractivity contribution >= 4 is 82.8 Å². The van der Waals surface area contributed by atoms with Crippen LogP contribution >= 0.6 is 0 Å². The van der Waals surface area contributed by atoms with Gasteiger partial charge >= 0.3 is 5.97 Å². The van der Waals surface area contributed by atoms with E-state index in [-0.39, 0.29) is 81.7 Å². The summed E-state index contributed by atoms with van der Waals surface area (Å²) >= 11 is 0. The first kappa shape index (κ1) is 86.8. The van der Waals surface area contributed by atoms with E-state index in [0.29, 0.717) is 25.7 Å². The van der Waals surface area contributed by atoms with Gasteiger partial charge in [-0.05, 0) is 125 Å². The lowest BCUT2D eigenvalue weighted by Crippen LogP contribution is -2.61. The highest BCUT2D eigenvalue weighted by Crippen LogP contribution is 2.23. The Morgan fingerprint density at radius 3 is 1.53 bits per heavy atom. The van der Waals surface area contributed by atoms with Gasteiger partial charge in [0.15, 0.2) is 0 Å². The summed E-state index contributed by atoms with van der Waals surface area (Å²) in [4.78, 5) is 191. The number of aliphatic carboxylic acids is 1. The molecule has 0 unspecified atom stereocenters. The van der Waals surface area contributed by atoms with E-state index < -0.39 is 193 Å². The van der Waals surface area contributed by atoms with Crippen molar-refractivity contribution in [3.05, 3.63) is 35.9 Å². The Bertz CT molecular complexity index is 2860. The van der Waals surface area contributed by atoms with Gasteiger partial charge in [-0.25, -0.2) is 0 Å². The van der Waals surface area contributed by atoms with E-state index in [1.165, 1.54) is 11.8 Å². The van der Waals surface area contributed by atoms with Gasteiger partial charge in [-0.2, -0.15) is 0 Å². The number of aliphatic hydroxyl groups excluding tert-OH is 1. The van der Waals surface area contributed by atoms with Crippen LogP contribution in [0.5, 0.6) is 0 Å². The molecule has 1 aromatic rings. The summed E-state index contributed by atoms with van der Waals surface area (Å²) < 4.78 is 0. The Morgan fingerprint density at radius 1 is 0.535 bits per heavy atom. The summed E-state index contributed by atoms with van der Waals surface area (Å²) in [6.07, 6.45) is 1.74. The summed E-state index contributed by atoms with van der Waals surface area (Å²) in [7, 11) is 0. The summed E-state index contributed by atoms with van der Waals surface area (Å²) in [6.45, 7) is 21.4. The largest absolute Gasteiger partial charge is 0.481 e. The number of rotatable bonds is 45. The molecule has 1 aliphatic heterocycles. The van der Waals surface area contributed by atoms with Gasteiger partial charge in [0, 0.05) is 13.0 Å². The molecule has 1 heterocycles. The molecule has 13 atom stereocenters. The molecule has 0 saturated carbocycles. The molecule has 558 valence electrons. The van der Waals surface area contributed by atoms with E-state index in [1.54, 1.807) is 62.3 Å². The summed E-state index contributed by atoms with van der Waals surface area (Å²) in [5.74, 6) is -13.1. The number of primary amides is 1. The molecular weight excluding hydrogens is 1280 g/mol. The number of benzene rings is 1. The lowest BCUT2D eigenvalue weighted by Gasteiger charge is -2.32. The highest BCUT2D eigenvalue weighted by molar-refractivity contribution is 6.00. The third-order valence-electron chi connectivity index (χ3n) is 16.8. The number of likely N-dealkylation sites (tertiary alicyclic amines) is 1. The predicted molar refractivity (Wildman–Crippen MR) is 369 cm³/mol. The second-order valence-electron chi connectivity index (χ2n) is 27.8. The van der Waals surface area contributed by atoms with Gasteiger partial charge in [-0.15, -0.1) is 0 Å². The molecule has 2 rings (SSSR count). The molecule has 99 heavy (non-hydrogen) atoms. The average Bonchev–Trinajstić information content (AvgIpc) is 1.75. The third kappa shape index (κ3) is 31.2. The minimum Gasteiger partial charge on any atom is -0.481 e. The standard InChI is InChI=1S/C68H115N15O16/c1-14-41(12)56(82-65(96)52-24-20-28-83(52)68(99)50(32-39(8)9)79-59(90)44(70)33-43-21-16-15-17-22-43)67(98)81-55(40(10)11)66(97)73-42(13)58(89)75-45(23-18-19-27-69)61(92)77-48(30-37(4)5)63(94)78-49(31-38(6)7)64(95)80-51(35-84)60(91)72-34-53(85)74-46(25-26-54(86)87)62(93)76-47(57(71)88)29-36(2)3/h15-17,21-22,36-42,44-52,55-56,84H,14,18-20,23-35,69-70H2,1-13H3,(H2,71,88)(H,72,91)(H,73,97)(H,74,85)(H,75,89)(H,76,93)(H,77,92)(H,78,94)(H,79,90)(H,80,95)(H,81,98)(H,82,96)(H,86,87)/t41-,42-,44-,45-,46-,47-,48-,49-,50-,51-,52-,55-,56-/m0/s1. The van der Waals surface area contributed by atoms with Crippen LogP contribution in [-0.4, -0.2) is 197 Å². The van der Waals surface area contributed by atoms with Crippen molar-refractivity contribution in [1.29, 1.82) is 0 Å². The molecular formula is C68H115N15O16. The van der Waals surface area contributed by atoms with Crippen LogP contribution in [0.1, 0.15) is 173 Å². The first-order chi connectivity index (χ1) is 46.4. The van der Waals surface area contributed by atoms with Gasteiger partial charge in [0.2, 0.25) is 76.8 Å². The predicted octanol–water partition coefficient (Wildman–Crippen LogP) is -1.11. The van der Waals surface area contributed by atoms with Crippen LogP contribution in [0.3, 0.4) is 0 Å². The van der Waals surface area contributed by atoms with E-state index in [9.17, 15) is 77.3 Å². The maximum absolute atomic E-state index is 14.3. The van der Waals surface area contributed by atoms with E-state index >= 15 is 0 Å². The normalized spacial score (nSPS) is 16.6. The van der Waals surface area contributed by atoms with Gasteiger partial charge in [0.25, 0.3) is 0 Å². The van der Waals surface area contributed by atoms with Crippen LogP contribution in [0.4, 0.5) is 0 Å². The topological polar surface area (TPSA) is 493 Å². The van der Waals surface area contributed by atoms with Gasteiger partial charge in [0.05, 0.1) is 19.2 Å². The molecule has 13 amide bonds. The third-order valence-corrected chi connectivity index (χ3v) is 16.8. The first-order valence-corrected chi connectivity index (χ1v) is 34.7. The van der Waals surface area contributed by atoms with Crippen molar-refractivity contribution < 1.29 is 77.3 Å². The van der Waals surface area contributed by atoms with Crippen LogP contribution in [0.2, 0.25) is 0 Å². The zero-order chi connectivity index (χ0) is 75.0. The molecule has 0 spiro atoms. The van der Waals surface area contributed by atoms with Gasteiger partial charge < -0.3 is 90.8 Å². The maximum Gasteiger partial charge on any atom is 0.303 e. The number of hydrogen-bond donors (Lipinski definition) is 16. The molecule has 31 heteroatoms. The molecule has 1 aromatic carbocycles. The Morgan fingerprint density at radius 2 is 1.02 bits per heavy atom. The number of aliphatic hydroxyl groups is 1. The number of nitrogens with one attached hydrogen (secondary N) is 11. The lowest BCUT2D eigenvalue weighted by atomic mass is 9.96. The first-order valence-electron chi connectivity index (χ1n) is 34.7. The average molecular weight is 1400 g/mol. The number of amides is 13. The van der Waals surface area contributed by atoms with E-state index in [1.807, 2.05) is 51.1 Å². The number of unbranched alkanes of at least 4 members (excludes halogenated alkanes) is 1. The quantitative estimate of drug-likeness (QED) is 0.0344. The zero-order valence-electron chi connectivity index (χ0n) is 60.1. The second kappa shape index (κ2) is 43.9. The molecule has 1 fully saturated rings. The van der Waals surface area contributed by atoms with Crippen molar-refractivity contribution in [2.24, 2.45) is 52.7 Å². The van der Waals surface area contributed by atoms with Crippen molar-refractivity contribution in [2.45, 2.75) is 246 Å². The molecule has 1 aliphatic rings. The molecule has 1 saturated heterocycles. The Labute approximate surface area is 582 Å². The number of carbonyl (C=O) groups is 14. The summed E-state index contributed by atoms with van der Waals surface area (Å²) in [5.41, 5.74) is 18.4. The smallest absolute Gasteiger partial charge is 0.303 e. The van der Waals surface area contributed by atoms with E-state index in [2.05, 4.69) is 58.5 Å². The Kier molecular flexibility index (Phi) is 38.5. The van der Waals surface area contributed by atoms with E-state index in [0.717, 1.165) is 5.56 Å². The van der Waals surface area contributed by atoms with E-state index in [4.69, 9.17) is 17.2 Å². The van der Waals surface area contributed by atoms with Crippen molar-refractivity contribution in [1.82, 2.24) is 63.4 Å². The van der Waals surface area contributed by atoms with Gasteiger partial charge in [-0.1, -0.05) is 120 Å². The summed E-state index contributed by atoms with van der Waals surface area (Å²) in [5, 5.41) is 48.0. The fraction of sp³-hybridized carbons (Fsp3) is 0.706. The number of carbonyl (C=O) groups excluding carboxylic acids is 13. The summed E-state index contributed by atoms with van der Waals surface area (Å²) in [6, 6.07) is -5.67. The highest BCUT2D eigenvalue weighted by atomic mass is 16.4. The van der Waals surface area contributed by atoms with Crippen molar-refractivity contribution in [3.8, 4) is 0 Å². The molecule has 0 aromatic heterocycles. The number of carboxylic acids is 1.